The maximum Gasteiger partial charge on any atom is 0.335 e. The van der Waals surface area contributed by atoms with Crippen LogP contribution >= 0.6 is 0 Å². The molecule has 19 heavy (non-hydrogen) atoms. The van der Waals surface area contributed by atoms with Gasteiger partial charge in [-0.25, -0.2) is 4.79 Å². The first-order chi connectivity index (χ1) is 9.10. The van der Waals surface area contributed by atoms with E-state index in [0.717, 1.165) is 23.4 Å². The molecule has 2 N–H and O–H groups in total. The van der Waals surface area contributed by atoms with Gasteiger partial charge in [0.2, 0.25) is 0 Å². The Balaban J connectivity index is 2.10. The van der Waals surface area contributed by atoms with Gasteiger partial charge in [0.1, 0.15) is 0 Å². The molecular weight excluding hydrogens is 242 g/mol. The summed E-state index contributed by atoms with van der Waals surface area (Å²) in [6.07, 6.45) is 3.79. The lowest BCUT2D eigenvalue weighted by Crippen LogP contribution is -2.03. The van der Waals surface area contributed by atoms with Crippen molar-refractivity contribution in [2.24, 2.45) is 0 Å². The molecule has 0 unspecified atom stereocenters. The summed E-state index contributed by atoms with van der Waals surface area (Å²) in [5.41, 5.74) is 3.22. The van der Waals surface area contributed by atoms with Crippen LogP contribution < -0.4 is 5.32 Å². The van der Waals surface area contributed by atoms with Gasteiger partial charge in [0.25, 0.3) is 0 Å². The summed E-state index contributed by atoms with van der Waals surface area (Å²) >= 11 is 0. The summed E-state index contributed by atoms with van der Waals surface area (Å²) in [7, 11) is 0. The van der Waals surface area contributed by atoms with Crippen LogP contribution in [0.5, 0.6) is 0 Å². The quantitative estimate of drug-likeness (QED) is 0.865. The molecule has 0 saturated carbocycles. The van der Waals surface area contributed by atoms with E-state index in [4.69, 9.17) is 5.11 Å². The maximum absolute atomic E-state index is 10.9. The van der Waals surface area contributed by atoms with E-state index in [9.17, 15) is 4.79 Å². The molecule has 0 saturated heterocycles. The molecule has 0 aliphatic rings. The number of benzene rings is 1. The van der Waals surface area contributed by atoms with Crippen LogP contribution in [-0.2, 0) is 13.1 Å². The minimum atomic E-state index is -0.915. The predicted molar refractivity (Wildman–Crippen MR) is 73.4 cm³/mol. The third-order valence-electron chi connectivity index (χ3n) is 2.98. The van der Waals surface area contributed by atoms with Crippen molar-refractivity contribution < 1.29 is 9.90 Å². The zero-order chi connectivity index (χ0) is 13.8. The molecule has 0 spiro atoms. The molecule has 100 valence electrons. The van der Waals surface area contributed by atoms with Gasteiger partial charge in [-0.3, -0.25) is 4.68 Å². The zero-order valence-corrected chi connectivity index (χ0v) is 11.1. The lowest BCUT2D eigenvalue weighted by molar-refractivity contribution is 0.0697. The fourth-order valence-electron chi connectivity index (χ4n) is 1.81. The number of nitrogens with one attached hydrogen (secondary N) is 1. The van der Waals surface area contributed by atoms with Gasteiger partial charge in [-0.05, 0) is 31.5 Å². The van der Waals surface area contributed by atoms with Gasteiger partial charge in [-0.15, -0.1) is 0 Å². The SMILES string of the molecule is CCn1cc(CNc2cc(C(=O)O)ccc2C)cn1. The Morgan fingerprint density at radius 2 is 2.26 bits per heavy atom. The minimum absolute atomic E-state index is 0.289. The van der Waals surface area contributed by atoms with E-state index in [2.05, 4.69) is 10.4 Å². The number of anilines is 1. The number of hydrogen-bond acceptors (Lipinski definition) is 3. The lowest BCUT2D eigenvalue weighted by Gasteiger charge is -2.09. The summed E-state index contributed by atoms with van der Waals surface area (Å²) in [5, 5.41) is 16.4. The molecule has 2 rings (SSSR count). The molecule has 0 radical (unpaired) electrons. The molecule has 0 amide bonds. The second-order valence-corrected chi connectivity index (χ2v) is 4.39. The standard InChI is InChI=1S/C14H17N3O2/c1-3-17-9-11(8-16-17)7-15-13-6-12(14(18)19)5-4-10(13)2/h4-6,8-9,15H,3,7H2,1-2H3,(H,18,19). The van der Waals surface area contributed by atoms with Crippen molar-refractivity contribution in [3.63, 3.8) is 0 Å². The molecule has 2 aromatic rings. The molecule has 0 fully saturated rings. The number of aryl methyl sites for hydroxylation is 2. The number of carboxylic acid groups (broad SMARTS) is 1. The van der Waals surface area contributed by atoms with Gasteiger partial charge in [0.15, 0.2) is 0 Å². The van der Waals surface area contributed by atoms with E-state index in [1.54, 1.807) is 18.2 Å². The Hall–Kier alpha value is -2.30. The highest BCUT2D eigenvalue weighted by atomic mass is 16.4. The molecular formula is C14H17N3O2. The van der Waals surface area contributed by atoms with Gasteiger partial charge >= 0.3 is 5.97 Å². The molecule has 0 atom stereocenters. The van der Waals surface area contributed by atoms with Crippen molar-refractivity contribution in [2.75, 3.05) is 5.32 Å². The minimum Gasteiger partial charge on any atom is -0.478 e. The smallest absolute Gasteiger partial charge is 0.335 e. The van der Waals surface area contributed by atoms with Crippen molar-refractivity contribution in [1.29, 1.82) is 0 Å². The van der Waals surface area contributed by atoms with Crippen molar-refractivity contribution in [3.05, 3.63) is 47.3 Å². The first kappa shape index (κ1) is 13.1. The first-order valence-electron chi connectivity index (χ1n) is 6.19. The topological polar surface area (TPSA) is 67.2 Å². The van der Waals surface area contributed by atoms with Gasteiger partial charge in [0, 0.05) is 30.5 Å². The van der Waals surface area contributed by atoms with Gasteiger partial charge in [-0.1, -0.05) is 6.07 Å². The van der Waals surface area contributed by atoms with Crippen LogP contribution in [0.4, 0.5) is 5.69 Å². The maximum atomic E-state index is 10.9. The van der Waals surface area contributed by atoms with Gasteiger partial charge < -0.3 is 10.4 Å². The first-order valence-corrected chi connectivity index (χ1v) is 6.19. The zero-order valence-electron chi connectivity index (χ0n) is 11.1. The Morgan fingerprint density at radius 1 is 1.47 bits per heavy atom. The van der Waals surface area contributed by atoms with E-state index in [1.807, 2.05) is 30.9 Å². The number of rotatable bonds is 5. The number of carbonyl (C=O) groups is 1. The third-order valence-corrected chi connectivity index (χ3v) is 2.98. The highest BCUT2D eigenvalue weighted by molar-refractivity contribution is 5.89. The van der Waals surface area contributed by atoms with E-state index < -0.39 is 5.97 Å². The van der Waals surface area contributed by atoms with Crippen LogP contribution in [0.2, 0.25) is 0 Å². The van der Waals surface area contributed by atoms with E-state index in [-0.39, 0.29) is 5.56 Å². The van der Waals surface area contributed by atoms with E-state index in [0.29, 0.717) is 6.54 Å². The average molecular weight is 259 g/mol. The van der Waals surface area contributed by atoms with Crippen molar-refractivity contribution in [3.8, 4) is 0 Å². The Morgan fingerprint density at radius 3 is 2.89 bits per heavy atom. The van der Waals surface area contributed by atoms with Gasteiger partial charge in [0.05, 0.1) is 11.8 Å². The molecule has 1 heterocycles. The highest BCUT2D eigenvalue weighted by Crippen LogP contribution is 2.18. The fraction of sp³-hybridized carbons (Fsp3) is 0.286. The highest BCUT2D eigenvalue weighted by Gasteiger charge is 2.06. The molecule has 5 heteroatoms. The van der Waals surface area contributed by atoms with Gasteiger partial charge in [-0.2, -0.15) is 5.10 Å². The fourth-order valence-corrected chi connectivity index (χ4v) is 1.81. The van der Waals surface area contributed by atoms with Crippen molar-refractivity contribution in [2.45, 2.75) is 26.9 Å². The number of carboxylic acids is 1. The summed E-state index contributed by atoms with van der Waals surface area (Å²) in [4.78, 5) is 10.9. The summed E-state index contributed by atoms with van der Waals surface area (Å²) in [6, 6.07) is 5.07. The van der Waals surface area contributed by atoms with Crippen LogP contribution in [0.25, 0.3) is 0 Å². The van der Waals surface area contributed by atoms with Crippen LogP contribution in [0.15, 0.2) is 30.6 Å². The van der Waals surface area contributed by atoms with E-state index in [1.165, 1.54) is 0 Å². The number of aromatic nitrogens is 2. The monoisotopic (exact) mass is 259 g/mol. The third kappa shape index (κ3) is 3.13. The summed E-state index contributed by atoms with van der Waals surface area (Å²) in [5.74, 6) is -0.915. The Kier molecular flexibility index (Phi) is 3.85. The molecule has 0 aliphatic carbocycles. The summed E-state index contributed by atoms with van der Waals surface area (Å²) in [6.45, 7) is 5.45. The number of hydrogen-bond donors (Lipinski definition) is 2. The normalized spacial score (nSPS) is 10.4. The number of nitrogens with zero attached hydrogens (tertiary/aromatic N) is 2. The van der Waals surface area contributed by atoms with Crippen LogP contribution in [0, 0.1) is 6.92 Å². The second-order valence-electron chi connectivity index (χ2n) is 4.39. The molecule has 0 aliphatic heterocycles. The summed E-state index contributed by atoms with van der Waals surface area (Å²) < 4.78 is 1.86. The van der Waals surface area contributed by atoms with Crippen LogP contribution in [0.1, 0.15) is 28.4 Å². The lowest BCUT2D eigenvalue weighted by atomic mass is 10.1. The molecule has 5 nitrogen and oxygen atoms in total. The Bertz CT molecular complexity index is 590. The van der Waals surface area contributed by atoms with Crippen LogP contribution in [-0.4, -0.2) is 20.9 Å². The molecule has 1 aromatic heterocycles. The van der Waals surface area contributed by atoms with Crippen molar-refractivity contribution >= 4 is 11.7 Å². The average Bonchev–Trinajstić information content (AvgIpc) is 2.85. The molecule has 0 bridgehead atoms. The van der Waals surface area contributed by atoms with Crippen LogP contribution in [0.3, 0.4) is 0 Å². The predicted octanol–water partition coefficient (Wildman–Crippen LogP) is 2.52. The van der Waals surface area contributed by atoms with E-state index >= 15 is 0 Å². The Labute approximate surface area is 111 Å². The number of aromatic carboxylic acids is 1. The molecule has 1 aromatic carbocycles. The largest absolute Gasteiger partial charge is 0.478 e. The van der Waals surface area contributed by atoms with Crippen molar-refractivity contribution in [1.82, 2.24) is 9.78 Å². The second kappa shape index (κ2) is 5.56.